The minimum absolute atomic E-state index is 0.0339. The van der Waals surface area contributed by atoms with Crippen molar-refractivity contribution in [3.63, 3.8) is 0 Å². The first kappa shape index (κ1) is 18.7. The first-order valence-electron chi connectivity index (χ1n) is 11.2. The molecule has 0 bridgehead atoms. The molecule has 0 atom stereocenters. The fourth-order valence-corrected chi connectivity index (χ4v) is 5.37. The molecule has 2 fully saturated rings. The van der Waals surface area contributed by atoms with Gasteiger partial charge in [0.05, 0.1) is 23.7 Å². The van der Waals surface area contributed by atoms with Crippen molar-refractivity contribution in [2.75, 3.05) is 0 Å². The van der Waals surface area contributed by atoms with E-state index in [1.54, 1.807) is 18.6 Å². The van der Waals surface area contributed by atoms with Crippen LogP contribution in [-0.2, 0) is 0 Å². The van der Waals surface area contributed by atoms with Crippen molar-refractivity contribution in [3.05, 3.63) is 77.8 Å². The summed E-state index contributed by atoms with van der Waals surface area (Å²) in [6.07, 6.45) is 11.2. The van der Waals surface area contributed by atoms with E-state index in [0.29, 0.717) is 17.4 Å². The number of imidazole rings is 1. The number of Topliss-reactive ketones (excluding diaryl/α,β-unsaturated/α-hetero) is 1. The highest BCUT2D eigenvalue weighted by Crippen LogP contribution is 2.44. The number of ketones is 1. The SMILES string of the molecule is O=C(c1c(C2CC2)ccc2cncn12)C1CCC(c2ccnc3c(F)cccc23)CC1. The first-order chi connectivity index (χ1) is 15.2. The molecule has 2 aliphatic rings. The van der Waals surface area contributed by atoms with Crippen molar-refractivity contribution in [1.82, 2.24) is 14.4 Å². The highest BCUT2D eigenvalue weighted by molar-refractivity contribution is 5.98. The second-order valence-corrected chi connectivity index (χ2v) is 9.05. The fourth-order valence-electron chi connectivity index (χ4n) is 5.37. The van der Waals surface area contributed by atoms with E-state index in [9.17, 15) is 9.18 Å². The third-order valence-electron chi connectivity index (χ3n) is 7.16. The highest BCUT2D eigenvalue weighted by atomic mass is 19.1. The van der Waals surface area contributed by atoms with Gasteiger partial charge in [0.2, 0.25) is 0 Å². The Labute approximate surface area is 180 Å². The number of halogens is 1. The molecule has 2 saturated carbocycles. The number of pyridine rings is 2. The lowest BCUT2D eigenvalue weighted by molar-refractivity contribution is 0.0876. The molecule has 3 heterocycles. The van der Waals surface area contributed by atoms with Gasteiger partial charge < -0.3 is 0 Å². The van der Waals surface area contributed by atoms with E-state index >= 15 is 0 Å². The molecule has 156 valence electrons. The van der Waals surface area contributed by atoms with Crippen LogP contribution in [-0.4, -0.2) is 20.2 Å². The Morgan fingerprint density at radius 1 is 0.935 bits per heavy atom. The molecule has 1 aromatic carbocycles. The summed E-state index contributed by atoms with van der Waals surface area (Å²) in [6, 6.07) is 11.4. The standard InChI is InChI=1S/C26H24FN3O/c27-23-3-1-2-22-20(12-13-29-24(22)23)16-6-8-18(9-7-16)26(31)25-21(17-4-5-17)11-10-19-14-28-15-30(19)25/h1-3,10-18H,4-9H2. The largest absolute Gasteiger partial charge is 0.296 e. The lowest BCUT2D eigenvalue weighted by Crippen LogP contribution is -2.24. The van der Waals surface area contributed by atoms with Gasteiger partial charge in [0, 0.05) is 17.5 Å². The molecule has 0 spiro atoms. The normalized spacial score (nSPS) is 21.6. The molecule has 31 heavy (non-hydrogen) atoms. The molecule has 0 saturated heterocycles. The summed E-state index contributed by atoms with van der Waals surface area (Å²) >= 11 is 0. The molecule has 2 aliphatic carbocycles. The average molecular weight is 413 g/mol. The summed E-state index contributed by atoms with van der Waals surface area (Å²) in [4.78, 5) is 22.2. The number of carbonyl (C=O) groups is 1. The summed E-state index contributed by atoms with van der Waals surface area (Å²) in [5.74, 6) is 0.869. The predicted molar refractivity (Wildman–Crippen MR) is 118 cm³/mol. The van der Waals surface area contributed by atoms with Gasteiger partial charge in [-0.25, -0.2) is 9.37 Å². The molecule has 0 amide bonds. The Balaban J connectivity index is 1.28. The van der Waals surface area contributed by atoms with Crippen LogP contribution >= 0.6 is 0 Å². The summed E-state index contributed by atoms with van der Waals surface area (Å²) in [5.41, 5.74) is 4.61. The minimum Gasteiger partial charge on any atom is -0.296 e. The van der Waals surface area contributed by atoms with E-state index in [1.165, 1.54) is 24.5 Å². The molecule has 0 radical (unpaired) electrons. The number of para-hydroxylation sites is 1. The first-order valence-corrected chi connectivity index (χ1v) is 11.2. The third-order valence-corrected chi connectivity index (χ3v) is 7.16. The number of hydrogen-bond acceptors (Lipinski definition) is 3. The number of rotatable bonds is 4. The van der Waals surface area contributed by atoms with Crippen LogP contribution in [0.5, 0.6) is 0 Å². The Morgan fingerprint density at radius 3 is 2.52 bits per heavy atom. The van der Waals surface area contributed by atoms with Crippen LogP contribution in [0.3, 0.4) is 0 Å². The zero-order chi connectivity index (χ0) is 20.9. The molecule has 0 N–H and O–H groups in total. The van der Waals surface area contributed by atoms with E-state index in [4.69, 9.17) is 0 Å². The summed E-state index contributed by atoms with van der Waals surface area (Å²) in [6.45, 7) is 0. The van der Waals surface area contributed by atoms with Gasteiger partial charge in [-0.15, -0.1) is 0 Å². The Bertz CT molecular complexity index is 1300. The predicted octanol–water partition coefficient (Wildman–Crippen LogP) is 6.06. The van der Waals surface area contributed by atoms with Gasteiger partial charge in [-0.2, -0.15) is 0 Å². The van der Waals surface area contributed by atoms with Crippen LogP contribution in [0.15, 0.2) is 55.1 Å². The summed E-state index contributed by atoms with van der Waals surface area (Å²) in [7, 11) is 0. The van der Waals surface area contributed by atoms with Crippen LogP contribution in [0.1, 0.15) is 72.0 Å². The molecule has 0 unspecified atom stereocenters. The van der Waals surface area contributed by atoms with Crippen LogP contribution in [0.25, 0.3) is 16.4 Å². The quantitative estimate of drug-likeness (QED) is 0.382. The second kappa shape index (κ2) is 7.26. The average Bonchev–Trinajstić information content (AvgIpc) is 3.54. The van der Waals surface area contributed by atoms with E-state index in [0.717, 1.165) is 47.8 Å². The van der Waals surface area contributed by atoms with Crippen molar-refractivity contribution in [1.29, 1.82) is 0 Å². The molecule has 6 rings (SSSR count). The van der Waals surface area contributed by atoms with Gasteiger partial charge in [-0.3, -0.25) is 14.2 Å². The van der Waals surface area contributed by atoms with E-state index in [-0.39, 0.29) is 17.5 Å². The topological polar surface area (TPSA) is 47.3 Å². The molecule has 4 aromatic rings. The Hall–Kier alpha value is -3.08. The van der Waals surface area contributed by atoms with Crippen LogP contribution < -0.4 is 0 Å². The number of aromatic nitrogens is 3. The van der Waals surface area contributed by atoms with Gasteiger partial charge in [-0.1, -0.05) is 18.2 Å². The zero-order valence-corrected chi connectivity index (χ0v) is 17.3. The number of benzene rings is 1. The third kappa shape index (κ3) is 3.14. The minimum atomic E-state index is -0.274. The lowest BCUT2D eigenvalue weighted by Gasteiger charge is -2.29. The number of carbonyl (C=O) groups excluding carboxylic acids is 1. The van der Waals surface area contributed by atoms with Gasteiger partial charge in [0.25, 0.3) is 0 Å². The van der Waals surface area contributed by atoms with E-state index < -0.39 is 0 Å². The molecule has 4 nitrogen and oxygen atoms in total. The van der Waals surface area contributed by atoms with Gasteiger partial charge in [-0.05, 0) is 79.7 Å². The molecular formula is C26H24FN3O. The van der Waals surface area contributed by atoms with Gasteiger partial charge in [0.15, 0.2) is 5.78 Å². The number of fused-ring (bicyclic) bond motifs is 2. The summed E-state index contributed by atoms with van der Waals surface area (Å²) in [5, 5.41) is 0.900. The molecule has 5 heteroatoms. The fraction of sp³-hybridized carbons (Fsp3) is 0.346. The molecule has 3 aromatic heterocycles. The highest BCUT2D eigenvalue weighted by Gasteiger charge is 2.34. The van der Waals surface area contributed by atoms with E-state index in [1.807, 2.05) is 22.7 Å². The van der Waals surface area contributed by atoms with Gasteiger partial charge >= 0.3 is 0 Å². The van der Waals surface area contributed by atoms with Crippen LogP contribution in [0, 0.1) is 11.7 Å². The van der Waals surface area contributed by atoms with Crippen molar-refractivity contribution in [3.8, 4) is 0 Å². The monoisotopic (exact) mass is 413 g/mol. The Morgan fingerprint density at radius 2 is 1.71 bits per heavy atom. The van der Waals surface area contributed by atoms with E-state index in [2.05, 4.69) is 22.1 Å². The summed E-state index contributed by atoms with van der Waals surface area (Å²) < 4.78 is 16.2. The van der Waals surface area contributed by atoms with Crippen molar-refractivity contribution in [2.45, 2.75) is 50.4 Å². The lowest BCUT2D eigenvalue weighted by atomic mass is 9.75. The maximum absolute atomic E-state index is 14.2. The Kier molecular flexibility index (Phi) is 4.37. The molecule has 0 aliphatic heterocycles. The number of nitrogens with zero attached hydrogens (tertiary/aromatic N) is 3. The maximum Gasteiger partial charge on any atom is 0.182 e. The molecular weight excluding hydrogens is 389 g/mol. The number of hydrogen-bond donors (Lipinski definition) is 0. The van der Waals surface area contributed by atoms with Crippen LogP contribution in [0.4, 0.5) is 4.39 Å². The van der Waals surface area contributed by atoms with Crippen molar-refractivity contribution >= 4 is 22.2 Å². The van der Waals surface area contributed by atoms with Crippen molar-refractivity contribution in [2.24, 2.45) is 5.92 Å². The van der Waals surface area contributed by atoms with Crippen LogP contribution in [0.2, 0.25) is 0 Å². The second-order valence-electron chi connectivity index (χ2n) is 9.05. The zero-order valence-electron chi connectivity index (χ0n) is 17.3. The van der Waals surface area contributed by atoms with Gasteiger partial charge in [0.1, 0.15) is 11.3 Å². The maximum atomic E-state index is 14.2. The van der Waals surface area contributed by atoms with Crippen molar-refractivity contribution < 1.29 is 9.18 Å². The smallest absolute Gasteiger partial charge is 0.182 e.